The van der Waals surface area contributed by atoms with E-state index in [1.165, 1.54) is 16.3 Å². The number of para-hydroxylation sites is 2. The third-order valence-electron chi connectivity index (χ3n) is 5.72. The van der Waals surface area contributed by atoms with Gasteiger partial charge < -0.3 is 18.6 Å². The summed E-state index contributed by atoms with van der Waals surface area (Å²) in [5, 5.41) is 0.628. The first-order chi connectivity index (χ1) is 15.9. The summed E-state index contributed by atoms with van der Waals surface area (Å²) in [6, 6.07) is 7.68. The number of anilines is 1. The van der Waals surface area contributed by atoms with Gasteiger partial charge in [0.1, 0.15) is 5.52 Å². The Morgan fingerprint density at radius 3 is 2.67 bits per heavy atom. The van der Waals surface area contributed by atoms with E-state index < -0.39 is 11.2 Å². The third-order valence-corrected chi connectivity index (χ3v) is 6.63. The molecule has 1 fully saturated rings. The van der Waals surface area contributed by atoms with Gasteiger partial charge in [0.15, 0.2) is 16.7 Å². The second-order valence-corrected chi connectivity index (χ2v) is 9.41. The van der Waals surface area contributed by atoms with Gasteiger partial charge in [-0.2, -0.15) is 4.98 Å². The van der Waals surface area contributed by atoms with Crippen molar-refractivity contribution in [2.45, 2.75) is 44.2 Å². The van der Waals surface area contributed by atoms with Crippen LogP contribution in [-0.4, -0.2) is 55.1 Å². The zero-order chi connectivity index (χ0) is 23.1. The van der Waals surface area contributed by atoms with Crippen molar-refractivity contribution in [2.24, 2.45) is 7.05 Å². The van der Waals surface area contributed by atoms with E-state index in [2.05, 4.69) is 14.9 Å². The molecule has 0 saturated carbocycles. The highest BCUT2D eigenvalue weighted by Crippen LogP contribution is 2.26. The molecule has 33 heavy (non-hydrogen) atoms. The molecule has 1 saturated heterocycles. The van der Waals surface area contributed by atoms with Gasteiger partial charge in [-0.15, -0.1) is 0 Å². The molecule has 0 bridgehead atoms. The van der Waals surface area contributed by atoms with Crippen LogP contribution in [0.25, 0.3) is 22.3 Å². The van der Waals surface area contributed by atoms with E-state index in [-0.39, 0.29) is 12.2 Å². The van der Waals surface area contributed by atoms with E-state index in [0.717, 1.165) is 23.3 Å². The molecule has 5 rings (SSSR count). The summed E-state index contributed by atoms with van der Waals surface area (Å²) in [6.45, 7) is 5.94. The Bertz CT molecular complexity index is 1380. The first-order valence-corrected chi connectivity index (χ1v) is 12.0. The number of aromatic amines is 1. The van der Waals surface area contributed by atoms with E-state index in [1.54, 1.807) is 7.05 Å². The monoisotopic (exact) mass is 470 g/mol. The molecule has 4 aromatic rings. The Morgan fingerprint density at radius 2 is 1.91 bits per heavy atom. The molecule has 11 heteroatoms. The van der Waals surface area contributed by atoms with Gasteiger partial charge in [0.05, 0.1) is 12.2 Å². The molecule has 0 amide bonds. The molecule has 0 aliphatic carbocycles. The summed E-state index contributed by atoms with van der Waals surface area (Å²) in [5.41, 5.74) is 1.51. The molecular formula is C22H26N6O4S. The van der Waals surface area contributed by atoms with Crippen LogP contribution in [0.5, 0.6) is 0 Å². The molecule has 4 heterocycles. The Labute approximate surface area is 193 Å². The van der Waals surface area contributed by atoms with Gasteiger partial charge in [-0.1, -0.05) is 23.9 Å². The number of thioether (sulfide) groups is 1. The highest BCUT2D eigenvalue weighted by molar-refractivity contribution is 7.99. The lowest BCUT2D eigenvalue weighted by Gasteiger charge is -2.36. The second-order valence-electron chi connectivity index (χ2n) is 8.37. The number of aryl methyl sites for hydroxylation is 2. The van der Waals surface area contributed by atoms with Crippen LogP contribution < -0.4 is 16.1 Å². The molecule has 174 valence electrons. The van der Waals surface area contributed by atoms with Crippen LogP contribution in [0.15, 0.2) is 43.5 Å². The Hall–Kier alpha value is -3.05. The summed E-state index contributed by atoms with van der Waals surface area (Å²) in [5.74, 6) is 1.44. The quantitative estimate of drug-likeness (QED) is 0.338. The van der Waals surface area contributed by atoms with Gasteiger partial charge in [-0.05, 0) is 32.4 Å². The van der Waals surface area contributed by atoms with Gasteiger partial charge in [0, 0.05) is 32.4 Å². The average Bonchev–Trinajstić information content (AvgIpc) is 3.36. The second kappa shape index (κ2) is 8.71. The van der Waals surface area contributed by atoms with Crippen LogP contribution in [0, 0.1) is 0 Å². The average molecular weight is 471 g/mol. The highest BCUT2D eigenvalue weighted by Gasteiger charge is 2.28. The van der Waals surface area contributed by atoms with Crippen molar-refractivity contribution >= 4 is 40.0 Å². The van der Waals surface area contributed by atoms with Crippen molar-refractivity contribution in [1.29, 1.82) is 0 Å². The van der Waals surface area contributed by atoms with Crippen molar-refractivity contribution in [2.75, 3.05) is 23.7 Å². The van der Waals surface area contributed by atoms with Crippen LogP contribution in [0.2, 0.25) is 0 Å². The fourth-order valence-corrected chi connectivity index (χ4v) is 5.07. The molecule has 0 spiro atoms. The minimum absolute atomic E-state index is 0.0406. The maximum atomic E-state index is 12.7. The van der Waals surface area contributed by atoms with Crippen LogP contribution in [0.4, 0.5) is 5.95 Å². The van der Waals surface area contributed by atoms with E-state index in [1.807, 2.05) is 42.7 Å². The number of aromatic nitrogens is 5. The molecule has 10 nitrogen and oxygen atoms in total. The topological polar surface area (TPSA) is 111 Å². The molecule has 3 aromatic heterocycles. The van der Waals surface area contributed by atoms with E-state index >= 15 is 0 Å². The van der Waals surface area contributed by atoms with Gasteiger partial charge in [-0.3, -0.25) is 14.3 Å². The number of oxazole rings is 1. The van der Waals surface area contributed by atoms with Crippen molar-refractivity contribution in [3.8, 4) is 0 Å². The smallest absolute Gasteiger partial charge is 0.329 e. The minimum atomic E-state index is -0.473. The summed E-state index contributed by atoms with van der Waals surface area (Å²) >= 11 is 1.54. The third kappa shape index (κ3) is 4.18. The van der Waals surface area contributed by atoms with Crippen molar-refractivity contribution in [1.82, 2.24) is 24.1 Å². The number of hydrogen-bond acceptors (Lipinski definition) is 8. The molecule has 2 atom stereocenters. The maximum absolute atomic E-state index is 12.7. The van der Waals surface area contributed by atoms with Gasteiger partial charge in [-0.25, -0.2) is 9.78 Å². The van der Waals surface area contributed by atoms with Gasteiger partial charge in [0.2, 0.25) is 5.95 Å². The molecule has 0 unspecified atom stereocenters. The number of benzene rings is 1. The Kier molecular flexibility index (Phi) is 5.75. The minimum Gasteiger partial charge on any atom is -0.431 e. The summed E-state index contributed by atoms with van der Waals surface area (Å²) in [6.07, 6.45) is 0.845. The van der Waals surface area contributed by atoms with Gasteiger partial charge in [0.25, 0.3) is 10.8 Å². The lowest BCUT2D eigenvalue weighted by molar-refractivity contribution is -0.00588. The number of imidazole rings is 1. The Balaban J connectivity index is 1.42. The molecule has 0 radical (unpaired) electrons. The molecule has 1 aromatic carbocycles. The predicted octanol–water partition coefficient (Wildman–Crippen LogP) is 2.36. The number of nitrogens with zero attached hydrogens (tertiary/aromatic N) is 5. The summed E-state index contributed by atoms with van der Waals surface area (Å²) in [4.78, 5) is 38.7. The summed E-state index contributed by atoms with van der Waals surface area (Å²) in [7, 11) is 1.62. The molecular weight excluding hydrogens is 444 g/mol. The number of nitrogens with one attached hydrogen (secondary N) is 1. The lowest BCUT2D eigenvalue weighted by atomic mass is 10.2. The Morgan fingerprint density at radius 1 is 1.15 bits per heavy atom. The summed E-state index contributed by atoms with van der Waals surface area (Å²) < 4.78 is 15.0. The number of hydrogen-bond donors (Lipinski definition) is 1. The first-order valence-electron chi connectivity index (χ1n) is 11.0. The number of H-pyrrole nitrogens is 1. The molecule has 1 aliphatic rings. The number of ether oxygens (including phenoxy) is 1. The lowest BCUT2D eigenvalue weighted by Crippen LogP contribution is -2.46. The van der Waals surface area contributed by atoms with E-state index in [0.29, 0.717) is 42.0 Å². The van der Waals surface area contributed by atoms with Crippen molar-refractivity contribution < 1.29 is 9.15 Å². The van der Waals surface area contributed by atoms with Gasteiger partial charge >= 0.3 is 5.69 Å². The number of morpholine rings is 1. The van der Waals surface area contributed by atoms with Crippen LogP contribution in [-0.2, 0) is 18.3 Å². The SMILES string of the molecule is C[C@H]1CN(c2nc3c(c(=O)[nH]c(=O)n3C)n2CCCSc2nc3ccccc3o2)C[C@H](C)O1. The zero-order valence-electron chi connectivity index (χ0n) is 18.8. The van der Waals surface area contributed by atoms with E-state index in [9.17, 15) is 9.59 Å². The maximum Gasteiger partial charge on any atom is 0.329 e. The first kappa shape index (κ1) is 21.8. The zero-order valence-corrected chi connectivity index (χ0v) is 19.6. The predicted molar refractivity (Wildman–Crippen MR) is 127 cm³/mol. The van der Waals surface area contributed by atoms with Crippen LogP contribution in [0.3, 0.4) is 0 Å². The fourth-order valence-electron chi connectivity index (χ4n) is 4.31. The number of fused-ring (bicyclic) bond motifs is 2. The highest BCUT2D eigenvalue weighted by atomic mass is 32.2. The normalized spacial score (nSPS) is 19.1. The molecule has 1 aliphatic heterocycles. The van der Waals surface area contributed by atoms with E-state index in [4.69, 9.17) is 14.1 Å². The van der Waals surface area contributed by atoms with Crippen LogP contribution >= 0.6 is 11.8 Å². The van der Waals surface area contributed by atoms with Crippen molar-refractivity contribution in [3.63, 3.8) is 0 Å². The van der Waals surface area contributed by atoms with Crippen molar-refractivity contribution in [3.05, 3.63) is 45.1 Å². The molecule has 1 N–H and O–H groups in total. The van der Waals surface area contributed by atoms with Crippen LogP contribution in [0.1, 0.15) is 20.3 Å². The fraction of sp³-hybridized carbons (Fsp3) is 0.455. The number of rotatable bonds is 6. The largest absolute Gasteiger partial charge is 0.431 e. The standard InChI is InChI=1S/C22H26N6O4S/c1-13-11-27(12-14(2)31-13)20-24-18-17(19(29)25-21(30)26(18)3)28(20)9-6-10-33-22-23-15-7-4-5-8-16(15)32-22/h4-5,7-8,13-14H,6,9-12H2,1-3H3,(H,25,29,30)/t13-,14-/m0/s1.